The lowest BCUT2D eigenvalue weighted by Gasteiger charge is -2.16. The van der Waals surface area contributed by atoms with E-state index in [1.807, 2.05) is 0 Å². The van der Waals surface area contributed by atoms with Crippen LogP contribution in [-0.4, -0.2) is 12.9 Å². The van der Waals surface area contributed by atoms with Crippen LogP contribution in [0.4, 0.5) is 32.0 Å². The van der Waals surface area contributed by atoms with Crippen LogP contribution in [-0.2, 0) is 12.4 Å². The van der Waals surface area contributed by atoms with Crippen LogP contribution in [0.2, 0.25) is 5.02 Å². The average Bonchev–Trinajstić information content (AvgIpc) is 2.52. The molecule has 2 nitrogen and oxygen atoms in total. The summed E-state index contributed by atoms with van der Waals surface area (Å²) in [6.45, 7) is 0. The molecule has 0 amide bonds. The highest BCUT2D eigenvalue weighted by Gasteiger charge is 2.37. The average molecular weight is 381 g/mol. The van der Waals surface area contributed by atoms with Gasteiger partial charge in [-0.2, -0.15) is 26.3 Å². The van der Waals surface area contributed by atoms with Crippen LogP contribution in [0.5, 0.6) is 0 Å². The highest BCUT2D eigenvalue weighted by Crippen LogP contribution is 2.36. The molecule has 0 heterocycles. The lowest BCUT2D eigenvalue weighted by Crippen LogP contribution is -2.18. The smallest absolute Gasteiger partial charge is 0.340 e. The Bertz CT molecular complexity index is 746. The maximum atomic E-state index is 12.9. The third-order valence-corrected chi connectivity index (χ3v) is 3.44. The molecule has 0 atom stereocenters. The molecule has 0 spiro atoms. The van der Waals surface area contributed by atoms with E-state index in [2.05, 4.69) is 10.3 Å². The molecular formula is C16H11ClF6N2. The molecule has 0 aliphatic rings. The minimum atomic E-state index is -4.92. The van der Waals surface area contributed by atoms with E-state index < -0.39 is 23.5 Å². The number of benzene rings is 2. The number of hydrogen-bond acceptors (Lipinski definition) is 1. The van der Waals surface area contributed by atoms with Crippen molar-refractivity contribution < 1.29 is 26.3 Å². The molecule has 0 saturated heterocycles. The predicted octanol–water partition coefficient (Wildman–Crippen LogP) is 5.87. The maximum Gasteiger partial charge on any atom is 0.416 e. The van der Waals surface area contributed by atoms with E-state index in [0.717, 1.165) is 0 Å². The Hall–Kier alpha value is -2.22. The lowest BCUT2D eigenvalue weighted by molar-refractivity contribution is -0.143. The van der Waals surface area contributed by atoms with Crippen LogP contribution in [0.25, 0.3) is 0 Å². The topological polar surface area (TPSA) is 24.4 Å². The summed E-state index contributed by atoms with van der Waals surface area (Å²) in [6.07, 6.45) is -9.84. The van der Waals surface area contributed by atoms with E-state index in [1.54, 1.807) is 0 Å². The van der Waals surface area contributed by atoms with Gasteiger partial charge < -0.3 is 5.32 Å². The van der Waals surface area contributed by atoms with Gasteiger partial charge in [-0.15, -0.1) is 0 Å². The molecule has 0 radical (unpaired) electrons. The Morgan fingerprint density at radius 3 is 1.76 bits per heavy atom. The number of nitrogens with zero attached hydrogens (tertiary/aromatic N) is 1. The number of amidine groups is 1. The number of hydrogen-bond donors (Lipinski definition) is 1. The fraction of sp³-hybridized carbons (Fsp3) is 0.188. The number of halogens is 7. The van der Waals surface area contributed by atoms with E-state index in [4.69, 9.17) is 11.6 Å². The van der Waals surface area contributed by atoms with Crippen molar-refractivity contribution in [3.05, 3.63) is 64.2 Å². The maximum absolute atomic E-state index is 12.9. The zero-order chi connectivity index (χ0) is 18.8. The molecule has 1 N–H and O–H groups in total. The quantitative estimate of drug-likeness (QED) is 0.393. The van der Waals surface area contributed by atoms with Crippen molar-refractivity contribution in [2.75, 3.05) is 12.4 Å². The fourth-order valence-electron chi connectivity index (χ4n) is 2.02. The Morgan fingerprint density at radius 2 is 1.36 bits per heavy atom. The van der Waals surface area contributed by atoms with E-state index in [0.29, 0.717) is 22.8 Å². The van der Waals surface area contributed by atoms with Gasteiger partial charge in [0.25, 0.3) is 0 Å². The minimum Gasteiger partial charge on any atom is -0.340 e. The molecule has 0 saturated carbocycles. The standard InChI is InChI=1S/C16H11ClF6N2/c1-24-14(25-13-4-2-12(17)3-5-13)9-6-10(15(18,19)20)8-11(7-9)16(21,22)23/h2-8H,1H3,(H,24,25). The second kappa shape index (κ2) is 6.95. The summed E-state index contributed by atoms with van der Waals surface area (Å²) in [7, 11) is 1.26. The third kappa shape index (κ3) is 4.88. The molecule has 9 heteroatoms. The summed E-state index contributed by atoms with van der Waals surface area (Å²) in [6, 6.07) is 7.37. The highest BCUT2D eigenvalue weighted by atomic mass is 35.5. The van der Waals surface area contributed by atoms with Gasteiger partial charge in [-0.3, -0.25) is 4.99 Å². The van der Waals surface area contributed by atoms with Crippen LogP contribution in [0.1, 0.15) is 16.7 Å². The second-order valence-electron chi connectivity index (χ2n) is 5.00. The first-order valence-electron chi connectivity index (χ1n) is 6.80. The fourth-order valence-corrected chi connectivity index (χ4v) is 2.14. The van der Waals surface area contributed by atoms with E-state index in [1.165, 1.54) is 31.3 Å². The largest absolute Gasteiger partial charge is 0.416 e. The number of alkyl halides is 6. The Morgan fingerprint density at radius 1 is 0.880 bits per heavy atom. The van der Waals surface area contributed by atoms with Crippen LogP contribution in [0.3, 0.4) is 0 Å². The summed E-state index contributed by atoms with van der Waals surface area (Å²) in [5.41, 5.74) is -2.73. The molecule has 0 aliphatic heterocycles. The predicted molar refractivity (Wildman–Crippen MR) is 84.0 cm³/mol. The van der Waals surface area contributed by atoms with Gasteiger partial charge in [0.15, 0.2) is 0 Å². The normalized spacial score (nSPS) is 13.0. The van der Waals surface area contributed by atoms with Crippen molar-refractivity contribution in [3.8, 4) is 0 Å². The lowest BCUT2D eigenvalue weighted by atomic mass is 10.0. The molecule has 2 aromatic rings. The number of anilines is 1. The number of rotatable bonds is 2. The molecule has 0 aromatic heterocycles. The van der Waals surface area contributed by atoms with E-state index in [9.17, 15) is 26.3 Å². The molecule has 25 heavy (non-hydrogen) atoms. The molecule has 2 rings (SSSR count). The van der Waals surface area contributed by atoms with Gasteiger partial charge in [-0.1, -0.05) is 11.6 Å². The molecule has 0 unspecified atom stereocenters. The minimum absolute atomic E-state index is 0.0685. The highest BCUT2D eigenvalue weighted by molar-refractivity contribution is 6.30. The SMILES string of the molecule is CN=C(Nc1ccc(Cl)cc1)c1cc(C(F)(F)F)cc(C(F)(F)F)c1. The summed E-state index contributed by atoms with van der Waals surface area (Å²) in [4.78, 5) is 3.76. The first-order chi connectivity index (χ1) is 11.5. The number of aliphatic imine (C=N–C) groups is 1. The van der Waals surface area contributed by atoms with Crippen molar-refractivity contribution in [2.24, 2.45) is 4.99 Å². The Labute approximate surface area is 144 Å². The summed E-state index contributed by atoms with van der Waals surface area (Å²) < 4.78 is 77.6. The van der Waals surface area contributed by atoms with E-state index >= 15 is 0 Å². The summed E-state index contributed by atoms with van der Waals surface area (Å²) in [5.74, 6) is -0.140. The number of nitrogens with one attached hydrogen (secondary N) is 1. The summed E-state index contributed by atoms with van der Waals surface area (Å²) in [5, 5.41) is 3.12. The second-order valence-corrected chi connectivity index (χ2v) is 5.44. The van der Waals surface area contributed by atoms with Gasteiger partial charge in [0.05, 0.1) is 11.1 Å². The first kappa shape index (κ1) is 19.1. The van der Waals surface area contributed by atoms with Crippen LogP contribution < -0.4 is 5.32 Å². The Kier molecular flexibility index (Phi) is 5.31. The van der Waals surface area contributed by atoms with Gasteiger partial charge in [-0.05, 0) is 42.5 Å². The van der Waals surface area contributed by atoms with Crippen LogP contribution in [0.15, 0.2) is 47.5 Å². The zero-order valence-corrected chi connectivity index (χ0v) is 13.4. The van der Waals surface area contributed by atoms with Crippen molar-refractivity contribution >= 4 is 23.1 Å². The molecule has 0 aliphatic carbocycles. The van der Waals surface area contributed by atoms with Crippen molar-refractivity contribution in [2.45, 2.75) is 12.4 Å². The molecule has 0 fully saturated rings. The van der Waals surface area contributed by atoms with Gasteiger partial charge >= 0.3 is 12.4 Å². The van der Waals surface area contributed by atoms with Crippen molar-refractivity contribution in [3.63, 3.8) is 0 Å². The molecule has 134 valence electrons. The van der Waals surface area contributed by atoms with Gasteiger partial charge in [0, 0.05) is 23.3 Å². The zero-order valence-electron chi connectivity index (χ0n) is 12.6. The van der Waals surface area contributed by atoms with Crippen LogP contribution in [0, 0.1) is 0 Å². The van der Waals surface area contributed by atoms with Crippen LogP contribution >= 0.6 is 11.6 Å². The van der Waals surface area contributed by atoms with Gasteiger partial charge in [0.2, 0.25) is 0 Å². The molecular weight excluding hydrogens is 370 g/mol. The van der Waals surface area contributed by atoms with Crippen molar-refractivity contribution in [1.29, 1.82) is 0 Å². The first-order valence-corrected chi connectivity index (χ1v) is 7.18. The third-order valence-electron chi connectivity index (χ3n) is 3.19. The molecule has 2 aromatic carbocycles. The summed E-state index contributed by atoms with van der Waals surface area (Å²) >= 11 is 5.73. The molecule has 0 bridgehead atoms. The Balaban J connectivity index is 2.49. The van der Waals surface area contributed by atoms with Crippen molar-refractivity contribution in [1.82, 2.24) is 0 Å². The monoisotopic (exact) mass is 380 g/mol. The van der Waals surface area contributed by atoms with Gasteiger partial charge in [0.1, 0.15) is 5.84 Å². The van der Waals surface area contributed by atoms with Gasteiger partial charge in [-0.25, -0.2) is 0 Å². The van der Waals surface area contributed by atoms with E-state index in [-0.39, 0.29) is 17.5 Å².